The Balaban J connectivity index is 1.84. The van der Waals surface area contributed by atoms with Gasteiger partial charge in [0, 0.05) is 23.1 Å². The number of amides is 2. The Morgan fingerprint density at radius 1 is 1.16 bits per heavy atom. The fourth-order valence-corrected chi connectivity index (χ4v) is 3.30. The van der Waals surface area contributed by atoms with Gasteiger partial charge in [-0.15, -0.1) is 0 Å². The van der Waals surface area contributed by atoms with Crippen molar-refractivity contribution in [3.8, 4) is 5.75 Å². The summed E-state index contributed by atoms with van der Waals surface area (Å²) >= 11 is 3.41. The molecule has 3 rings (SSSR count). The van der Waals surface area contributed by atoms with Gasteiger partial charge in [0.05, 0.1) is 5.92 Å². The summed E-state index contributed by atoms with van der Waals surface area (Å²) in [5, 5.41) is 0. The molecule has 1 aliphatic heterocycles. The smallest absolute Gasteiger partial charge is 0.268 e. The second-order valence-electron chi connectivity index (χ2n) is 6.04. The van der Waals surface area contributed by atoms with Gasteiger partial charge in [0.2, 0.25) is 12.0 Å². The van der Waals surface area contributed by atoms with E-state index in [1.54, 1.807) is 4.90 Å². The molecule has 2 aromatic rings. The summed E-state index contributed by atoms with van der Waals surface area (Å²) in [6.45, 7) is 0.858. The van der Waals surface area contributed by atoms with Crippen LogP contribution in [0.5, 0.6) is 5.75 Å². The monoisotopic (exact) mass is 402 g/mol. The van der Waals surface area contributed by atoms with Crippen LogP contribution in [0.15, 0.2) is 59.1 Å². The summed E-state index contributed by atoms with van der Waals surface area (Å²) in [7, 11) is 0. The van der Waals surface area contributed by atoms with Crippen molar-refractivity contribution in [2.24, 2.45) is 11.7 Å². The first kappa shape index (κ1) is 17.5. The van der Waals surface area contributed by atoms with E-state index in [0.29, 0.717) is 25.3 Å². The van der Waals surface area contributed by atoms with E-state index in [9.17, 15) is 9.59 Å². The molecule has 130 valence electrons. The van der Waals surface area contributed by atoms with Crippen LogP contribution in [0.4, 0.5) is 0 Å². The van der Waals surface area contributed by atoms with Gasteiger partial charge in [0.25, 0.3) is 5.91 Å². The molecule has 0 bridgehead atoms. The molecule has 0 aliphatic carbocycles. The van der Waals surface area contributed by atoms with Crippen LogP contribution in [0.25, 0.3) is 0 Å². The number of nitrogens with zero attached hydrogens (tertiary/aromatic N) is 1. The molecular weight excluding hydrogens is 384 g/mol. The Hall–Kier alpha value is -2.34. The molecule has 2 N–H and O–H groups in total. The minimum absolute atomic E-state index is 0.157. The molecule has 1 saturated heterocycles. The molecule has 1 aliphatic rings. The van der Waals surface area contributed by atoms with Gasteiger partial charge in [-0.1, -0.05) is 52.3 Å². The summed E-state index contributed by atoms with van der Waals surface area (Å²) in [6, 6.07) is 16.7. The number of primary amides is 1. The number of ether oxygens (including phenoxy) is 1. The SMILES string of the molecule is NC(=O)[C@@H]1CCN(C(=O)[C@@H](Oc2cccc(Br)c2)c2ccccc2)C1. The molecule has 1 fully saturated rings. The number of benzene rings is 2. The van der Waals surface area contributed by atoms with Gasteiger partial charge in [-0.3, -0.25) is 9.59 Å². The number of likely N-dealkylation sites (tertiary alicyclic amines) is 1. The Labute approximate surface area is 154 Å². The maximum atomic E-state index is 13.0. The molecular formula is C19H19BrN2O3. The molecule has 2 amide bonds. The third kappa shape index (κ3) is 4.20. The van der Waals surface area contributed by atoms with Gasteiger partial charge in [-0.25, -0.2) is 0 Å². The molecule has 5 nitrogen and oxygen atoms in total. The second kappa shape index (κ2) is 7.70. The van der Waals surface area contributed by atoms with E-state index in [4.69, 9.17) is 10.5 Å². The molecule has 0 spiro atoms. The summed E-state index contributed by atoms with van der Waals surface area (Å²) in [5.41, 5.74) is 6.15. The van der Waals surface area contributed by atoms with Crippen molar-refractivity contribution >= 4 is 27.7 Å². The molecule has 0 saturated carbocycles. The average molecular weight is 403 g/mol. The zero-order valence-corrected chi connectivity index (χ0v) is 15.2. The normalized spacial score (nSPS) is 18.0. The highest BCUT2D eigenvalue weighted by atomic mass is 79.9. The summed E-state index contributed by atoms with van der Waals surface area (Å²) < 4.78 is 6.89. The molecule has 0 unspecified atom stereocenters. The van der Waals surface area contributed by atoms with Crippen LogP contribution in [0.3, 0.4) is 0 Å². The van der Waals surface area contributed by atoms with Gasteiger partial charge in [0.1, 0.15) is 5.75 Å². The number of hydrogen-bond acceptors (Lipinski definition) is 3. The van der Waals surface area contributed by atoms with Crippen molar-refractivity contribution in [1.29, 1.82) is 0 Å². The average Bonchev–Trinajstić information content (AvgIpc) is 3.10. The molecule has 25 heavy (non-hydrogen) atoms. The van der Waals surface area contributed by atoms with Crippen LogP contribution in [-0.4, -0.2) is 29.8 Å². The van der Waals surface area contributed by atoms with Gasteiger partial charge in [0.15, 0.2) is 0 Å². The molecule has 0 aromatic heterocycles. The van der Waals surface area contributed by atoms with Crippen molar-refractivity contribution < 1.29 is 14.3 Å². The zero-order valence-electron chi connectivity index (χ0n) is 13.6. The minimum Gasteiger partial charge on any atom is -0.476 e. The summed E-state index contributed by atoms with van der Waals surface area (Å²) in [4.78, 5) is 26.1. The van der Waals surface area contributed by atoms with E-state index in [-0.39, 0.29) is 17.7 Å². The molecule has 6 heteroatoms. The van der Waals surface area contributed by atoms with E-state index in [1.165, 1.54) is 0 Å². The van der Waals surface area contributed by atoms with Gasteiger partial charge in [-0.2, -0.15) is 0 Å². The molecule has 2 aromatic carbocycles. The quantitative estimate of drug-likeness (QED) is 0.835. The molecule has 1 heterocycles. The number of nitrogens with two attached hydrogens (primary N) is 1. The topological polar surface area (TPSA) is 72.6 Å². The third-order valence-corrected chi connectivity index (χ3v) is 4.77. The number of rotatable bonds is 5. The van der Waals surface area contributed by atoms with E-state index in [0.717, 1.165) is 10.0 Å². The lowest BCUT2D eigenvalue weighted by atomic mass is 10.1. The van der Waals surface area contributed by atoms with Crippen LogP contribution in [-0.2, 0) is 9.59 Å². The van der Waals surface area contributed by atoms with E-state index in [2.05, 4.69) is 15.9 Å². The standard InChI is InChI=1S/C19H19BrN2O3/c20-15-7-4-8-16(11-15)25-17(13-5-2-1-3-6-13)19(24)22-10-9-14(12-22)18(21)23/h1-8,11,14,17H,9-10,12H2,(H2,21,23)/t14-,17+/m1/s1. The summed E-state index contributed by atoms with van der Waals surface area (Å²) in [6.07, 6.45) is -0.165. The van der Waals surface area contributed by atoms with Crippen LogP contribution in [0, 0.1) is 5.92 Å². The van der Waals surface area contributed by atoms with Crippen LogP contribution in [0.1, 0.15) is 18.1 Å². The highest BCUT2D eigenvalue weighted by Crippen LogP contribution is 2.28. The van der Waals surface area contributed by atoms with Gasteiger partial charge >= 0.3 is 0 Å². The lowest BCUT2D eigenvalue weighted by Gasteiger charge is -2.24. The number of hydrogen-bond donors (Lipinski definition) is 1. The molecule has 0 radical (unpaired) electrons. The van der Waals surface area contributed by atoms with E-state index < -0.39 is 6.10 Å². The Morgan fingerprint density at radius 3 is 2.56 bits per heavy atom. The van der Waals surface area contributed by atoms with Crippen LogP contribution >= 0.6 is 15.9 Å². The maximum Gasteiger partial charge on any atom is 0.268 e. The first-order valence-electron chi connectivity index (χ1n) is 8.10. The lowest BCUT2D eigenvalue weighted by molar-refractivity contribution is -0.138. The highest BCUT2D eigenvalue weighted by molar-refractivity contribution is 9.10. The second-order valence-corrected chi connectivity index (χ2v) is 6.95. The van der Waals surface area contributed by atoms with Crippen LogP contribution < -0.4 is 10.5 Å². The van der Waals surface area contributed by atoms with Crippen molar-refractivity contribution in [2.75, 3.05) is 13.1 Å². The predicted molar refractivity (Wildman–Crippen MR) is 97.8 cm³/mol. The Kier molecular flexibility index (Phi) is 5.38. The fraction of sp³-hybridized carbons (Fsp3) is 0.263. The van der Waals surface area contributed by atoms with Crippen molar-refractivity contribution in [3.63, 3.8) is 0 Å². The van der Waals surface area contributed by atoms with Crippen molar-refractivity contribution in [1.82, 2.24) is 4.90 Å². The van der Waals surface area contributed by atoms with Crippen molar-refractivity contribution in [3.05, 3.63) is 64.6 Å². The first-order valence-corrected chi connectivity index (χ1v) is 8.89. The highest BCUT2D eigenvalue weighted by Gasteiger charge is 2.35. The predicted octanol–water partition coefficient (Wildman–Crippen LogP) is 2.90. The minimum atomic E-state index is -0.762. The maximum absolute atomic E-state index is 13.0. The van der Waals surface area contributed by atoms with Crippen molar-refractivity contribution in [2.45, 2.75) is 12.5 Å². The van der Waals surface area contributed by atoms with Crippen LogP contribution in [0.2, 0.25) is 0 Å². The summed E-state index contributed by atoms with van der Waals surface area (Å²) in [5.74, 6) is -0.206. The van der Waals surface area contributed by atoms with Gasteiger partial charge in [-0.05, 0) is 24.6 Å². The number of halogens is 1. The van der Waals surface area contributed by atoms with E-state index >= 15 is 0 Å². The Bertz CT molecular complexity index is 766. The fourth-order valence-electron chi connectivity index (χ4n) is 2.92. The van der Waals surface area contributed by atoms with E-state index in [1.807, 2.05) is 54.6 Å². The lowest BCUT2D eigenvalue weighted by Crippen LogP contribution is -2.37. The first-order chi connectivity index (χ1) is 12.0. The largest absolute Gasteiger partial charge is 0.476 e. The Morgan fingerprint density at radius 2 is 1.92 bits per heavy atom. The zero-order chi connectivity index (χ0) is 17.8. The molecule has 2 atom stereocenters. The number of carbonyl (C=O) groups excluding carboxylic acids is 2. The van der Waals surface area contributed by atoms with Gasteiger partial charge < -0.3 is 15.4 Å². The number of carbonyl (C=O) groups is 2. The third-order valence-electron chi connectivity index (χ3n) is 4.28.